The minimum atomic E-state index is -0.673. The molecule has 0 fully saturated rings. The van der Waals surface area contributed by atoms with E-state index in [9.17, 15) is 14.7 Å². The van der Waals surface area contributed by atoms with E-state index in [1.54, 1.807) is 13.8 Å². The molecule has 1 atom stereocenters. The number of carbonyl (C=O) groups excluding carboxylic acids is 2. The normalized spacial score (nSPS) is 12.1. The number of amides is 2. The number of ether oxygens (including phenoxy) is 1. The van der Waals surface area contributed by atoms with Crippen molar-refractivity contribution >= 4 is 17.8 Å². The first-order valence-electron chi connectivity index (χ1n) is 6.83. The molecule has 8 nitrogen and oxygen atoms in total. The van der Waals surface area contributed by atoms with Crippen LogP contribution in [0.15, 0.2) is 6.20 Å². The van der Waals surface area contributed by atoms with E-state index in [0.29, 0.717) is 0 Å². The average Bonchev–Trinajstić information content (AvgIpc) is 2.70. The summed E-state index contributed by atoms with van der Waals surface area (Å²) in [5.41, 5.74) is 0.149. The molecule has 0 radical (unpaired) electrons. The Kier molecular flexibility index (Phi) is 6.16. The Morgan fingerprint density at radius 1 is 1.43 bits per heavy atom. The lowest BCUT2D eigenvalue weighted by Gasteiger charge is -2.14. The molecule has 3 N–H and O–H groups in total. The van der Waals surface area contributed by atoms with Gasteiger partial charge in [-0.05, 0) is 27.7 Å². The number of anilines is 1. The second-order valence-corrected chi connectivity index (χ2v) is 4.91. The van der Waals surface area contributed by atoms with Crippen molar-refractivity contribution in [3.63, 3.8) is 0 Å². The third-order valence-electron chi connectivity index (χ3n) is 2.42. The highest BCUT2D eigenvalue weighted by atomic mass is 16.5. The minimum absolute atomic E-state index is 0.0517. The Bertz CT molecular complexity index is 496. The molecule has 1 heterocycles. The molecule has 118 valence electrons. The van der Waals surface area contributed by atoms with E-state index in [1.165, 1.54) is 10.9 Å². The third kappa shape index (κ3) is 5.07. The predicted molar refractivity (Wildman–Crippen MR) is 77.2 cm³/mol. The van der Waals surface area contributed by atoms with Gasteiger partial charge in [0.1, 0.15) is 11.4 Å². The molecular formula is C13H22N4O4. The van der Waals surface area contributed by atoms with Gasteiger partial charge in [-0.1, -0.05) is 0 Å². The zero-order valence-corrected chi connectivity index (χ0v) is 12.7. The van der Waals surface area contributed by atoms with Crippen molar-refractivity contribution in [1.82, 2.24) is 15.1 Å². The Morgan fingerprint density at radius 2 is 2.10 bits per heavy atom. The van der Waals surface area contributed by atoms with Crippen LogP contribution in [-0.2, 0) is 11.3 Å². The van der Waals surface area contributed by atoms with Crippen molar-refractivity contribution in [1.29, 1.82) is 0 Å². The van der Waals surface area contributed by atoms with Gasteiger partial charge in [0.2, 0.25) is 0 Å². The summed E-state index contributed by atoms with van der Waals surface area (Å²) in [4.78, 5) is 23.7. The highest BCUT2D eigenvalue weighted by Crippen LogP contribution is 2.17. The molecule has 2 amide bonds. The van der Waals surface area contributed by atoms with Crippen LogP contribution in [0.5, 0.6) is 0 Å². The number of esters is 1. The van der Waals surface area contributed by atoms with Crippen molar-refractivity contribution in [3.8, 4) is 0 Å². The van der Waals surface area contributed by atoms with Crippen LogP contribution < -0.4 is 10.6 Å². The molecule has 1 aromatic heterocycles. The van der Waals surface area contributed by atoms with E-state index in [0.717, 1.165) is 0 Å². The number of nitrogens with zero attached hydrogens (tertiary/aromatic N) is 2. The molecule has 0 saturated carbocycles. The van der Waals surface area contributed by atoms with E-state index >= 15 is 0 Å². The maximum Gasteiger partial charge on any atom is 0.343 e. The summed E-state index contributed by atoms with van der Waals surface area (Å²) in [7, 11) is 0. The number of nitrogens with one attached hydrogen (secondary N) is 2. The minimum Gasteiger partial charge on any atom is -0.462 e. The number of carbonyl (C=O) groups is 2. The van der Waals surface area contributed by atoms with Crippen molar-refractivity contribution in [2.45, 2.75) is 46.4 Å². The first-order chi connectivity index (χ1) is 9.85. The number of urea groups is 1. The predicted octanol–water partition coefficient (Wildman–Crippen LogP) is 0.970. The van der Waals surface area contributed by atoms with Gasteiger partial charge in [0.25, 0.3) is 0 Å². The number of aromatic nitrogens is 2. The number of hydrogen-bond acceptors (Lipinski definition) is 5. The number of aliphatic hydroxyl groups excluding tert-OH is 1. The average molecular weight is 298 g/mol. The van der Waals surface area contributed by atoms with E-state index in [4.69, 9.17) is 4.74 Å². The van der Waals surface area contributed by atoms with Crippen LogP contribution in [0.2, 0.25) is 0 Å². The fourth-order valence-corrected chi connectivity index (χ4v) is 1.67. The van der Waals surface area contributed by atoms with Gasteiger partial charge in [-0.15, -0.1) is 0 Å². The van der Waals surface area contributed by atoms with E-state index < -0.39 is 18.1 Å². The number of rotatable bonds is 6. The molecule has 1 unspecified atom stereocenters. The van der Waals surface area contributed by atoms with Gasteiger partial charge in [-0.25, -0.2) is 14.3 Å². The van der Waals surface area contributed by atoms with Gasteiger partial charge in [-0.3, -0.25) is 5.32 Å². The Hall–Kier alpha value is -2.09. The molecule has 21 heavy (non-hydrogen) atoms. The Labute approximate surface area is 123 Å². The first-order valence-corrected chi connectivity index (χ1v) is 6.83. The zero-order valence-electron chi connectivity index (χ0n) is 12.7. The SMILES string of the molecule is CCOC(=O)c1cnn(CC(C)O)c1NC(=O)NC(C)C. The fourth-order valence-electron chi connectivity index (χ4n) is 1.67. The lowest BCUT2D eigenvalue weighted by Crippen LogP contribution is -2.35. The van der Waals surface area contributed by atoms with Gasteiger partial charge in [0.15, 0.2) is 0 Å². The van der Waals surface area contributed by atoms with Crippen LogP contribution in [0.1, 0.15) is 38.1 Å². The first kappa shape index (κ1) is 17.0. The molecule has 0 aliphatic carbocycles. The van der Waals surface area contributed by atoms with Gasteiger partial charge >= 0.3 is 12.0 Å². The molecule has 0 saturated heterocycles. The molecular weight excluding hydrogens is 276 g/mol. The van der Waals surface area contributed by atoms with Gasteiger partial charge < -0.3 is 15.2 Å². The molecule has 8 heteroatoms. The second-order valence-electron chi connectivity index (χ2n) is 4.91. The monoisotopic (exact) mass is 298 g/mol. The molecule has 0 bridgehead atoms. The molecule has 1 rings (SSSR count). The molecule has 0 aliphatic heterocycles. The largest absolute Gasteiger partial charge is 0.462 e. The Morgan fingerprint density at radius 3 is 2.62 bits per heavy atom. The third-order valence-corrected chi connectivity index (χ3v) is 2.42. The van der Waals surface area contributed by atoms with Crippen molar-refractivity contribution in [2.24, 2.45) is 0 Å². The number of aliphatic hydroxyl groups is 1. The van der Waals surface area contributed by atoms with Crippen molar-refractivity contribution in [3.05, 3.63) is 11.8 Å². The van der Waals surface area contributed by atoms with Crippen LogP contribution in [0.4, 0.5) is 10.6 Å². The van der Waals surface area contributed by atoms with Crippen LogP contribution in [0, 0.1) is 0 Å². The lowest BCUT2D eigenvalue weighted by molar-refractivity contribution is 0.0527. The zero-order chi connectivity index (χ0) is 16.0. The molecule has 0 aromatic carbocycles. The standard InChI is InChI=1S/C13H22N4O4/c1-5-21-12(19)10-6-14-17(7-9(4)18)11(10)16-13(20)15-8(2)3/h6,8-9,18H,5,7H2,1-4H3,(H2,15,16,20). The summed E-state index contributed by atoms with van der Waals surface area (Å²) in [6.45, 7) is 7.28. The van der Waals surface area contributed by atoms with Crippen LogP contribution in [0.25, 0.3) is 0 Å². The van der Waals surface area contributed by atoms with E-state index in [2.05, 4.69) is 15.7 Å². The maximum absolute atomic E-state index is 11.9. The van der Waals surface area contributed by atoms with E-state index in [-0.39, 0.29) is 30.6 Å². The summed E-state index contributed by atoms with van der Waals surface area (Å²) in [6.07, 6.45) is 0.638. The summed E-state index contributed by atoms with van der Waals surface area (Å²) < 4.78 is 6.28. The quantitative estimate of drug-likeness (QED) is 0.679. The van der Waals surface area contributed by atoms with Crippen LogP contribution in [0.3, 0.4) is 0 Å². The summed E-state index contributed by atoms with van der Waals surface area (Å²) in [5, 5.41) is 18.7. The smallest absolute Gasteiger partial charge is 0.343 e. The van der Waals surface area contributed by atoms with Crippen molar-refractivity contribution < 1.29 is 19.4 Å². The van der Waals surface area contributed by atoms with Crippen LogP contribution >= 0.6 is 0 Å². The summed E-state index contributed by atoms with van der Waals surface area (Å²) in [5.74, 6) is -0.373. The molecule has 0 aliphatic rings. The maximum atomic E-state index is 11.9. The molecule has 1 aromatic rings. The number of hydrogen-bond donors (Lipinski definition) is 3. The molecule has 0 spiro atoms. The second kappa shape index (κ2) is 7.63. The summed E-state index contributed by atoms with van der Waals surface area (Å²) >= 11 is 0. The summed E-state index contributed by atoms with van der Waals surface area (Å²) in [6, 6.07) is -0.507. The topological polar surface area (TPSA) is 105 Å². The lowest BCUT2D eigenvalue weighted by atomic mass is 10.3. The van der Waals surface area contributed by atoms with Crippen molar-refractivity contribution in [2.75, 3.05) is 11.9 Å². The van der Waals surface area contributed by atoms with E-state index in [1.807, 2.05) is 13.8 Å². The van der Waals surface area contributed by atoms with Gasteiger partial charge in [0, 0.05) is 6.04 Å². The highest BCUT2D eigenvalue weighted by molar-refractivity contribution is 5.99. The van der Waals surface area contributed by atoms with Gasteiger partial charge in [0.05, 0.1) is 25.5 Å². The van der Waals surface area contributed by atoms with Crippen LogP contribution in [-0.4, -0.2) is 45.6 Å². The fraction of sp³-hybridized carbons (Fsp3) is 0.615. The Balaban J connectivity index is 3.01. The van der Waals surface area contributed by atoms with Gasteiger partial charge in [-0.2, -0.15) is 5.10 Å². The highest BCUT2D eigenvalue weighted by Gasteiger charge is 2.21.